The predicted octanol–water partition coefficient (Wildman–Crippen LogP) is 4.59. The Morgan fingerprint density at radius 3 is 2.55 bits per heavy atom. The van der Waals surface area contributed by atoms with E-state index in [2.05, 4.69) is 52.8 Å². The molecule has 0 unspecified atom stereocenters. The molecule has 0 fully saturated rings. The summed E-state index contributed by atoms with van der Waals surface area (Å²) in [7, 11) is 0. The van der Waals surface area contributed by atoms with Crippen LogP contribution in [0.1, 0.15) is 57.6 Å². The molecule has 3 heteroatoms. The van der Waals surface area contributed by atoms with E-state index in [1.807, 2.05) is 0 Å². The van der Waals surface area contributed by atoms with E-state index in [1.165, 1.54) is 11.1 Å². The largest absolute Gasteiger partial charge is 0.493 e. The van der Waals surface area contributed by atoms with Gasteiger partial charge in [-0.15, -0.1) is 0 Å². The Morgan fingerprint density at radius 2 is 2.00 bits per heavy atom. The van der Waals surface area contributed by atoms with Gasteiger partial charge in [-0.05, 0) is 42.9 Å². The molecule has 2 N–H and O–H groups in total. The SMILES string of the molecule is Cc1ccc(C(C)C)cc1OCCCC(C)(C)C(N)=S. The van der Waals surface area contributed by atoms with Crippen LogP contribution < -0.4 is 10.5 Å². The minimum atomic E-state index is -0.0898. The maximum Gasteiger partial charge on any atom is 0.122 e. The third-order valence-electron chi connectivity index (χ3n) is 3.75. The molecule has 112 valence electrons. The molecule has 2 nitrogen and oxygen atoms in total. The molecular formula is C17H27NOS. The second-order valence-electron chi connectivity index (χ2n) is 6.38. The van der Waals surface area contributed by atoms with Crippen LogP contribution in [0, 0.1) is 12.3 Å². The van der Waals surface area contributed by atoms with Crippen molar-refractivity contribution in [2.24, 2.45) is 11.1 Å². The fourth-order valence-electron chi connectivity index (χ4n) is 1.95. The van der Waals surface area contributed by atoms with Gasteiger partial charge in [0.1, 0.15) is 5.75 Å². The van der Waals surface area contributed by atoms with Crippen molar-refractivity contribution in [3.05, 3.63) is 29.3 Å². The Kier molecular flexibility index (Phi) is 6.00. The van der Waals surface area contributed by atoms with Gasteiger partial charge in [0, 0.05) is 5.41 Å². The number of aryl methyl sites for hydroxylation is 1. The number of benzene rings is 1. The molecule has 1 aromatic carbocycles. The molecule has 0 radical (unpaired) electrons. The van der Waals surface area contributed by atoms with Gasteiger partial charge in [0.05, 0.1) is 11.6 Å². The van der Waals surface area contributed by atoms with Gasteiger partial charge in [0.15, 0.2) is 0 Å². The zero-order valence-electron chi connectivity index (χ0n) is 13.3. The van der Waals surface area contributed by atoms with E-state index in [-0.39, 0.29) is 5.41 Å². The standard InChI is InChI=1S/C17H27NOS/c1-12(2)14-8-7-13(3)15(11-14)19-10-6-9-17(4,5)16(18)20/h7-8,11-12H,6,9-10H2,1-5H3,(H2,18,20). The zero-order valence-corrected chi connectivity index (χ0v) is 14.1. The first kappa shape index (κ1) is 17.0. The van der Waals surface area contributed by atoms with E-state index >= 15 is 0 Å². The van der Waals surface area contributed by atoms with Crippen LogP contribution in [0.15, 0.2) is 18.2 Å². The number of rotatable bonds is 7. The summed E-state index contributed by atoms with van der Waals surface area (Å²) in [4.78, 5) is 0.579. The molecule has 0 heterocycles. The quantitative estimate of drug-likeness (QED) is 0.590. The summed E-state index contributed by atoms with van der Waals surface area (Å²) in [5, 5.41) is 0. The van der Waals surface area contributed by atoms with Crippen LogP contribution in [0.2, 0.25) is 0 Å². The Balaban J connectivity index is 2.54. The van der Waals surface area contributed by atoms with E-state index in [4.69, 9.17) is 22.7 Å². The van der Waals surface area contributed by atoms with Crippen molar-refractivity contribution in [2.75, 3.05) is 6.61 Å². The van der Waals surface area contributed by atoms with Crippen LogP contribution in [0.5, 0.6) is 5.75 Å². The van der Waals surface area contributed by atoms with Crippen molar-refractivity contribution in [1.82, 2.24) is 0 Å². The lowest BCUT2D eigenvalue weighted by molar-refractivity contribution is 0.286. The van der Waals surface area contributed by atoms with Gasteiger partial charge in [0.25, 0.3) is 0 Å². The molecule has 0 aromatic heterocycles. The lowest BCUT2D eigenvalue weighted by Gasteiger charge is -2.23. The highest BCUT2D eigenvalue weighted by atomic mass is 32.1. The van der Waals surface area contributed by atoms with E-state index in [0.29, 0.717) is 17.5 Å². The lowest BCUT2D eigenvalue weighted by Crippen LogP contribution is -2.30. The highest BCUT2D eigenvalue weighted by molar-refractivity contribution is 7.80. The first-order chi connectivity index (χ1) is 9.24. The summed E-state index contributed by atoms with van der Waals surface area (Å²) in [5.74, 6) is 1.51. The Hall–Kier alpha value is -1.09. The van der Waals surface area contributed by atoms with Crippen LogP contribution in [0.25, 0.3) is 0 Å². The van der Waals surface area contributed by atoms with Gasteiger partial charge in [-0.25, -0.2) is 0 Å². The maximum absolute atomic E-state index is 5.92. The molecular weight excluding hydrogens is 266 g/mol. The number of nitrogens with two attached hydrogens (primary N) is 1. The molecule has 0 aliphatic heterocycles. The number of hydrogen-bond acceptors (Lipinski definition) is 2. The maximum atomic E-state index is 5.92. The summed E-state index contributed by atoms with van der Waals surface area (Å²) >= 11 is 5.08. The Morgan fingerprint density at radius 1 is 1.35 bits per heavy atom. The van der Waals surface area contributed by atoms with Crippen LogP contribution in [-0.4, -0.2) is 11.6 Å². The highest BCUT2D eigenvalue weighted by Crippen LogP contribution is 2.26. The topological polar surface area (TPSA) is 35.2 Å². The van der Waals surface area contributed by atoms with Gasteiger partial charge in [-0.3, -0.25) is 0 Å². The summed E-state index contributed by atoms with van der Waals surface area (Å²) in [6, 6.07) is 6.45. The van der Waals surface area contributed by atoms with Crippen molar-refractivity contribution in [2.45, 2.75) is 53.4 Å². The van der Waals surface area contributed by atoms with Crippen LogP contribution in [-0.2, 0) is 0 Å². The van der Waals surface area contributed by atoms with Gasteiger partial charge in [-0.1, -0.05) is 52.0 Å². The van der Waals surface area contributed by atoms with E-state index < -0.39 is 0 Å². The molecule has 0 aliphatic carbocycles. The number of ether oxygens (including phenoxy) is 1. The van der Waals surface area contributed by atoms with Crippen molar-refractivity contribution >= 4 is 17.2 Å². The van der Waals surface area contributed by atoms with Crippen LogP contribution in [0.4, 0.5) is 0 Å². The Bertz CT molecular complexity index is 466. The fraction of sp³-hybridized carbons (Fsp3) is 0.588. The van der Waals surface area contributed by atoms with Gasteiger partial charge in [-0.2, -0.15) is 0 Å². The minimum absolute atomic E-state index is 0.0898. The molecule has 1 aromatic rings. The van der Waals surface area contributed by atoms with E-state index in [1.54, 1.807) is 0 Å². The van der Waals surface area contributed by atoms with Crippen molar-refractivity contribution in [1.29, 1.82) is 0 Å². The van der Waals surface area contributed by atoms with E-state index in [0.717, 1.165) is 18.6 Å². The lowest BCUT2D eigenvalue weighted by atomic mass is 9.88. The second-order valence-corrected chi connectivity index (χ2v) is 6.82. The first-order valence-corrected chi connectivity index (χ1v) is 7.68. The molecule has 1 rings (SSSR count). The molecule has 0 atom stereocenters. The average molecular weight is 293 g/mol. The molecule has 20 heavy (non-hydrogen) atoms. The van der Waals surface area contributed by atoms with Crippen LogP contribution in [0.3, 0.4) is 0 Å². The first-order valence-electron chi connectivity index (χ1n) is 7.27. The molecule has 0 bridgehead atoms. The average Bonchev–Trinajstić information content (AvgIpc) is 2.36. The monoisotopic (exact) mass is 293 g/mol. The second kappa shape index (κ2) is 7.07. The molecule has 0 saturated carbocycles. The summed E-state index contributed by atoms with van der Waals surface area (Å²) in [6.45, 7) is 11.3. The summed E-state index contributed by atoms with van der Waals surface area (Å²) < 4.78 is 5.92. The number of thiocarbonyl (C=S) groups is 1. The third-order valence-corrected chi connectivity index (χ3v) is 4.30. The highest BCUT2D eigenvalue weighted by Gasteiger charge is 2.20. The number of hydrogen-bond donors (Lipinski definition) is 1. The molecule has 0 spiro atoms. The smallest absolute Gasteiger partial charge is 0.122 e. The minimum Gasteiger partial charge on any atom is -0.493 e. The summed E-state index contributed by atoms with van der Waals surface area (Å²) in [6.07, 6.45) is 1.90. The van der Waals surface area contributed by atoms with Crippen molar-refractivity contribution < 1.29 is 4.74 Å². The normalized spacial score (nSPS) is 11.7. The fourth-order valence-corrected chi connectivity index (χ4v) is 2.05. The summed E-state index contributed by atoms with van der Waals surface area (Å²) in [5.41, 5.74) is 8.14. The Labute approximate surface area is 128 Å². The van der Waals surface area contributed by atoms with Crippen molar-refractivity contribution in [3.63, 3.8) is 0 Å². The molecule has 0 amide bonds. The zero-order chi connectivity index (χ0) is 15.3. The van der Waals surface area contributed by atoms with Gasteiger partial charge in [0.2, 0.25) is 0 Å². The van der Waals surface area contributed by atoms with Gasteiger partial charge >= 0.3 is 0 Å². The van der Waals surface area contributed by atoms with Crippen molar-refractivity contribution in [3.8, 4) is 5.75 Å². The molecule has 0 aliphatic rings. The van der Waals surface area contributed by atoms with Crippen LogP contribution >= 0.6 is 12.2 Å². The third kappa shape index (κ3) is 4.78. The molecule has 0 saturated heterocycles. The van der Waals surface area contributed by atoms with Gasteiger partial charge < -0.3 is 10.5 Å². The predicted molar refractivity (Wildman–Crippen MR) is 90.6 cm³/mol. The van der Waals surface area contributed by atoms with E-state index in [9.17, 15) is 0 Å².